The molecule has 0 spiro atoms. The Morgan fingerprint density at radius 3 is 2.03 bits per heavy atom. The van der Waals surface area contributed by atoms with E-state index in [9.17, 15) is 0 Å². The van der Waals surface area contributed by atoms with Gasteiger partial charge in [-0.25, -0.2) is 0 Å². The van der Waals surface area contributed by atoms with Crippen LogP contribution in [0.25, 0.3) is 5.70 Å². The van der Waals surface area contributed by atoms with E-state index >= 15 is 0 Å². The molecule has 29 heavy (non-hydrogen) atoms. The van der Waals surface area contributed by atoms with Crippen molar-refractivity contribution in [3.8, 4) is 17.2 Å². The van der Waals surface area contributed by atoms with Crippen LogP contribution >= 0.6 is 0 Å². The lowest BCUT2D eigenvalue weighted by Gasteiger charge is -2.28. The van der Waals surface area contributed by atoms with Gasteiger partial charge in [0.15, 0.2) is 11.5 Å². The van der Waals surface area contributed by atoms with Gasteiger partial charge in [0.1, 0.15) is 0 Å². The summed E-state index contributed by atoms with van der Waals surface area (Å²) in [6.45, 7) is 7.44. The highest BCUT2D eigenvalue weighted by Gasteiger charge is 2.17. The topological polar surface area (TPSA) is 43.0 Å². The maximum absolute atomic E-state index is 5.48. The first-order chi connectivity index (χ1) is 13.9. The van der Waals surface area contributed by atoms with Crippen LogP contribution in [-0.2, 0) is 12.0 Å². The summed E-state index contributed by atoms with van der Waals surface area (Å²) in [6, 6.07) is 12.7. The summed E-state index contributed by atoms with van der Waals surface area (Å²) in [5.41, 5.74) is 8.10. The van der Waals surface area contributed by atoms with Crippen LogP contribution in [-0.4, -0.2) is 26.3 Å². The third-order valence-corrected chi connectivity index (χ3v) is 4.94. The Morgan fingerprint density at radius 1 is 0.897 bits per heavy atom. The van der Waals surface area contributed by atoms with Crippen molar-refractivity contribution in [1.82, 2.24) is 10.4 Å². The Kier molecular flexibility index (Phi) is 6.06. The number of hydrogen-bond donors (Lipinski definition) is 1. The van der Waals surface area contributed by atoms with Crippen molar-refractivity contribution in [2.24, 2.45) is 0 Å². The molecule has 0 bridgehead atoms. The van der Waals surface area contributed by atoms with Crippen molar-refractivity contribution in [2.75, 3.05) is 21.3 Å². The number of nitrogens with zero attached hydrogens (tertiary/aromatic N) is 1. The van der Waals surface area contributed by atoms with E-state index in [2.05, 4.69) is 55.5 Å². The fourth-order valence-corrected chi connectivity index (χ4v) is 3.27. The molecular weight excluding hydrogens is 364 g/mol. The summed E-state index contributed by atoms with van der Waals surface area (Å²) in [5, 5.41) is 2.06. The van der Waals surface area contributed by atoms with Crippen molar-refractivity contribution in [3.63, 3.8) is 0 Å². The van der Waals surface area contributed by atoms with Crippen molar-refractivity contribution in [3.05, 3.63) is 71.4 Å². The number of nitrogens with one attached hydrogen (secondary N) is 1. The minimum atomic E-state index is 0.157. The molecule has 1 aliphatic rings. The summed E-state index contributed by atoms with van der Waals surface area (Å²) in [7, 11) is 4.85. The molecule has 0 amide bonds. The molecule has 0 aliphatic carbocycles. The summed E-state index contributed by atoms with van der Waals surface area (Å²) in [5.74, 6) is 1.84. The van der Waals surface area contributed by atoms with Gasteiger partial charge in [0.05, 0.1) is 33.6 Å². The average Bonchev–Trinajstić information content (AvgIpc) is 2.72. The molecule has 154 valence electrons. The highest BCUT2D eigenvalue weighted by molar-refractivity contribution is 5.71. The molecule has 0 unspecified atom stereocenters. The maximum atomic E-state index is 5.48. The van der Waals surface area contributed by atoms with Crippen molar-refractivity contribution in [1.29, 1.82) is 0 Å². The Balaban J connectivity index is 1.78. The Labute approximate surface area is 173 Å². The Bertz CT molecular complexity index is 884. The van der Waals surface area contributed by atoms with Gasteiger partial charge >= 0.3 is 0 Å². The number of hydrazine groups is 1. The lowest BCUT2D eigenvalue weighted by Crippen LogP contribution is -2.33. The van der Waals surface area contributed by atoms with Gasteiger partial charge in [0.2, 0.25) is 5.75 Å². The maximum Gasteiger partial charge on any atom is 0.203 e. The van der Waals surface area contributed by atoms with Crippen molar-refractivity contribution in [2.45, 2.75) is 32.7 Å². The first-order valence-corrected chi connectivity index (χ1v) is 9.67. The third-order valence-electron chi connectivity index (χ3n) is 4.94. The van der Waals surface area contributed by atoms with Crippen LogP contribution < -0.4 is 19.6 Å². The smallest absolute Gasteiger partial charge is 0.203 e. The third kappa shape index (κ3) is 4.67. The monoisotopic (exact) mass is 394 g/mol. The number of methoxy groups -OCH3 is 3. The number of allylic oxidation sites excluding steroid dienone is 2. The molecule has 0 saturated carbocycles. The van der Waals surface area contributed by atoms with E-state index < -0.39 is 0 Å². The van der Waals surface area contributed by atoms with Crippen LogP contribution in [0.3, 0.4) is 0 Å². The van der Waals surface area contributed by atoms with E-state index in [-0.39, 0.29) is 5.41 Å². The Hall–Kier alpha value is -3.08. The van der Waals surface area contributed by atoms with Crippen LogP contribution in [0.1, 0.15) is 37.5 Å². The molecule has 0 saturated heterocycles. The minimum absolute atomic E-state index is 0.157. The molecule has 5 nitrogen and oxygen atoms in total. The molecule has 2 aromatic carbocycles. The van der Waals surface area contributed by atoms with Crippen LogP contribution in [0.2, 0.25) is 0 Å². The van der Waals surface area contributed by atoms with Crippen LogP contribution in [0.4, 0.5) is 0 Å². The van der Waals surface area contributed by atoms with E-state index in [1.165, 1.54) is 11.1 Å². The highest BCUT2D eigenvalue weighted by Crippen LogP contribution is 2.39. The molecule has 5 heteroatoms. The number of ether oxygens (including phenoxy) is 3. The fourth-order valence-electron chi connectivity index (χ4n) is 3.27. The largest absolute Gasteiger partial charge is 0.493 e. The average molecular weight is 395 g/mol. The normalized spacial score (nSPS) is 13.6. The van der Waals surface area contributed by atoms with E-state index in [1.54, 1.807) is 21.3 Å². The second-order valence-electron chi connectivity index (χ2n) is 8.02. The molecule has 1 aliphatic heterocycles. The second kappa shape index (κ2) is 8.52. The van der Waals surface area contributed by atoms with Crippen LogP contribution in [0.5, 0.6) is 17.2 Å². The number of rotatable bonds is 6. The molecule has 0 radical (unpaired) electrons. The van der Waals surface area contributed by atoms with Gasteiger partial charge in [-0.05, 0) is 40.8 Å². The molecule has 3 rings (SSSR count). The molecule has 1 N–H and O–H groups in total. The lowest BCUT2D eigenvalue weighted by atomic mass is 9.87. The number of hydrogen-bond acceptors (Lipinski definition) is 5. The van der Waals surface area contributed by atoms with Gasteiger partial charge in [-0.15, -0.1) is 0 Å². The summed E-state index contributed by atoms with van der Waals surface area (Å²) < 4.78 is 16.4. The molecule has 0 atom stereocenters. The summed E-state index contributed by atoms with van der Waals surface area (Å²) >= 11 is 0. The fraction of sp³-hybridized carbons (Fsp3) is 0.333. The predicted octanol–water partition coefficient (Wildman–Crippen LogP) is 4.88. The van der Waals surface area contributed by atoms with E-state index in [0.29, 0.717) is 17.2 Å². The van der Waals surface area contributed by atoms with E-state index in [0.717, 1.165) is 17.8 Å². The molecule has 2 aromatic rings. The van der Waals surface area contributed by atoms with Gasteiger partial charge in [-0.2, -0.15) is 0 Å². The highest BCUT2D eigenvalue weighted by atomic mass is 16.5. The minimum Gasteiger partial charge on any atom is -0.493 e. The second-order valence-corrected chi connectivity index (χ2v) is 8.02. The molecular formula is C24H30N2O3. The summed E-state index contributed by atoms with van der Waals surface area (Å²) in [6.07, 6.45) is 6.08. The predicted molar refractivity (Wildman–Crippen MR) is 117 cm³/mol. The number of benzene rings is 2. The lowest BCUT2D eigenvalue weighted by molar-refractivity contribution is 0.312. The standard InChI is InChI=1S/C24H30N2O3/c1-24(2,3)19-11-9-17(10-12-19)16-26-13-7-8-20(25-26)18-14-21(27-4)23(29-6)22(15-18)28-5/h7-15,25H,16H2,1-6H3. The summed E-state index contributed by atoms with van der Waals surface area (Å²) in [4.78, 5) is 0. The van der Waals surface area contributed by atoms with Crippen LogP contribution in [0, 0.1) is 0 Å². The molecule has 1 heterocycles. The molecule has 0 aromatic heterocycles. The Morgan fingerprint density at radius 2 is 1.52 bits per heavy atom. The first kappa shape index (κ1) is 20.6. The van der Waals surface area contributed by atoms with E-state index in [4.69, 9.17) is 14.2 Å². The quantitative estimate of drug-likeness (QED) is 0.756. The van der Waals surface area contributed by atoms with Crippen molar-refractivity contribution >= 4 is 5.70 Å². The van der Waals surface area contributed by atoms with Gasteiger partial charge < -0.3 is 14.2 Å². The zero-order valence-electron chi connectivity index (χ0n) is 18.1. The van der Waals surface area contributed by atoms with Crippen LogP contribution in [0.15, 0.2) is 54.8 Å². The van der Waals surface area contributed by atoms with Gasteiger partial charge in [-0.3, -0.25) is 10.4 Å². The SMILES string of the molecule is COc1cc(C2=CC=CN(Cc3ccc(C(C)(C)C)cc3)N2)cc(OC)c1OC. The first-order valence-electron chi connectivity index (χ1n) is 9.67. The van der Waals surface area contributed by atoms with Crippen molar-refractivity contribution < 1.29 is 14.2 Å². The van der Waals surface area contributed by atoms with E-state index in [1.807, 2.05) is 30.5 Å². The van der Waals surface area contributed by atoms with Gasteiger partial charge in [-0.1, -0.05) is 45.0 Å². The zero-order valence-corrected chi connectivity index (χ0v) is 18.1. The molecule has 0 fully saturated rings. The zero-order chi connectivity index (χ0) is 21.0. The van der Waals surface area contributed by atoms with Gasteiger partial charge in [0.25, 0.3) is 0 Å². The van der Waals surface area contributed by atoms with Gasteiger partial charge in [0, 0.05) is 11.8 Å².